The molecule has 30 heavy (non-hydrogen) atoms. The Morgan fingerprint density at radius 1 is 1.07 bits per heavy atom. The van der Waals surface area contributed by atoms with Gasteiger partial charge in [-0.15, -0.1) is 0 Å². The predicted octanol–water partition coefficient (Wildman–Crippen LogP) is 3.36. The van der Waals surface area contributed by atoms with E-state index < -0.39 is 5.91 Å². The first-order valence-corrected chi connectivity index (χ1v) is 9.57. The summed E-state index contributed by atoms with van der Waals surface area (Å²) in [4.78, 5) is 37.4. The first kappa shape index (κ1) is 19.6. The molecule has 0 saturated carbocycles. The van der Waals surface area contributed by atoms with Gasteiger partial charge in [0.2, 0.25) is 12.7 Å². The van der Waals surface area contributed by atoms with E-state index in [1.54, 1.807) is 12.1 Å². The molecule has 2 aliphatic heterocycles. The first-order valence-electron chi connectivity index (χ1n) is 9.57. The van der Waals surface area contributed by atoms with Gasteiger partial charge in [0.25, 0.3) is 5.91 Å². The summed E-state index contributed by atoms with van der Waals surface area (Å²) in [5, 5.41) is 8.35. The molecule has 0 aliphatic carbocycles. The molecule has 2 heterocycles. The lowest BCUT2D eigenvalue weighted by atomic mass is 10.1. The van der Waals surface area contributed by atoms with Gasteiger partial charge >= 0.3 is 0 Å². The molecule has 2 aromatic carbocycles. The van der Waals surface area contributed by atoms with Crippen LogP contribution in [0.4, 0.5) is 11.4 Å². The number of carbonyl (C=O) groups is 3. The molecule has 0 fully saturated rings. The van der Waals surface area contributed by atoms with Crippen molar-refractivity contribution < 1.29 is 23.9 Å². The highest BCUT2D eigenvalue weighted by atomic mass is 16.7. The van der Waals surface area contributed by atoms with Gasteiger partial charge in [0.1, 0.15) is 5.71 Å². The molecule has 8 nitrogen and oxygen atoms in total. The van der Waals surface area contributed by atoms with E-state index in [4.69, 9.17) is 9.47 Å². The Kier molecular flexibility index (Phi) is 4.99. The number of aryl methyl sites for hydroxylation is 2. The maximum Gasteiger partial charge on any atom is 0.271 e. The Hall–Kier alpha value is -3.68. The lowest BCUT2D eigenvalue weighted by Crippen LogP contribution is -2.36. The number of rotatable bonds is 4. The van der Waals surface area contributed by atoms with Crippen molar-refractivity contribution >= 4 is 34.7 Å². The van der Waals surface area contributed by atoms with Crippen LogP contribution in [0.1, 0.15) is 41.3 Å². The largest absolute Gasteiger partial charge is 0.454 e. The van der Waals surface area contributed by atoms with Crippen LogP contribution in [0.2, 0.25) is 0 Å². The molecule has 0 spiro atoms. The third-order valence-corrected chi connectivity index (χ3v) is 5.03. The van der Waals surface area contributed by atoms with E-state index >= 15 is 0 Å². The number of carbonyl (C=O) groups excluding carboxylic acids is 3. The lowest BCUT2D eigenvalue weighted by Gasteiger charge is -2.25. The number of nitrogens with zero attached hydrogens (tertiary/aromatic N) is 2. The molecule has 0 unspecified atom stereocenters. The molecule has 0 aromatic heterocycles. The molecule has 0 bridgehead atoms. The summed E-state index contributed by atoms with van der Waals surface area (Å²) in [5.74, 6) is 0.0428. The Morgan fingerprint density at radius 3 is 2.53 bits per heavy atom. The van der Waals surface area contributed by atoms with E-state index in [0.29, 0.717) is 28.4 Å². The Morgan fingerprint density at radius 2 is 1.80 bits per heavy atom. The molecule has 0 radical (unpaired) electrons. The van der Waals surface area contributed by atoms with Gasteiger partial charge in [-0.2, -0.15) is 5.10 Å². The van der Waals surface area contributed by atoms with Crippen LogP contribution in [0.15, 0.2) is 35.4 Å². The Bertz CT molecular complexity index is 1110. The summed E-state index contributed by atoms with van der Waals surface area (Å²) in [6.45, 7) is 5.28. The number of ketones is 1. The van der Waals surface area contributed by atoms with Crippen molar-refractivity contribution in [2.45, 2.75) is 33.6 Å². The van der Waals surface area contributed by atoms with Gasteiger partial charge in [0.15, 0.2) is 17.3 Å². The molecular weight excluding hydrogens is 386 g/mol. The van der Waals surface area contributed by atoms with Gasteiger partial charge in [0.05, 0.1) is 11.4 Å². The summed E-state index contributed by atoms with van der Waals surface area (Å²) in [5.41, 5.74) is 3.36. The maximum atomic E-state index is 12.9. The van der Waals surface area contributed by atoms with E-state index in [9.17, 15) is 14.4 Å². The topological polar surface area (TPSA) is 97.3 Å². The van der Waals surface area contributed by atoms with Crippen LogP contribution < -0.4 is 19.8 Å². The second-order valence-electron chi connectivity index (χ2n) is 7.30. The Labute approximate surface area is 173 Å². The van der Waals surface area contributed by atoms with E-state index in [0.717, 1.165) is 11.1 Å². The normalized spacial score (nSPS) is 15.1. The molecule has 8 heteroatoms. The fourth-order valence-electron chi connectivity index (χ4n) is 3.38. The van der Waals surface area contributed by atoms with E-state index in [-0.39, 0.29) is 37.0 Å². The smallest absolute Gasteiger partial charge is 0.271 e. The number of ether oxygens (including phenoxy) is 2. The second kappa shape index (κ2) is 7.62. The number of fused-ring (bicyclic) bond motifs is 1. The second-order valence-corrected chi connectivity index (χ2v) is 7.30. The van der Waals surface area contributed by atoms with E-state index in [1.165, 1.54) is 11.9 Å². The van der Waals surface area contributed by atoms with Gasteiger partial charge in [-0.05, 0) is 44.0 Å². The summed E-state index contributed by atoms with van der Waals surface area (Å²) >= 11 is 0. The standard InChI is InChI=1S/C22H21N3O5/c1-12-4-5-13(2)18(8-12)25-21(27)7-6-16(24-25)22(28)23-17-10-20-19(29-11-30-20)9-15(17)14(3)26/h4-5,8-10H,6-7,11H2,1-3H3,(H,23,28). The third kappa shape index (κ3) is 3.63. The maximum absolute atomic E-state index is 12.9. The number of hydrogen-bond donors (Lipinski definition) is 1. The summed E-state index contributed by atoms with van der Waals surface area (Å²) < 4.78 is 10.7. The number of anilines is 2. The molecule has 154 valence electrons. The van der Waals surface area contributed by atoms with Crippen molar-refractivity contribution in [3.05, 3.63) is 47.0 Å². The number of hydrazone groups is 1. The number of Topliss-reactive ketones (excluding diaryl/α,β-unsaturated/α-hetero) is 1. The van der Waals surface area contributed by atoms with Crippen molar-refractivity contribution in [3.63, 3.8) is 0 Å². The van der Waals surface area contributed by atoms with Crippen LogP contribution in [0, 0.1) is 13.8 Å². The van der Waals surface area contributed by atoms with Crippen molar-refractivity contribution in [1.82, 2.24) is 0 Å². The average molecular weight is 407 g/mol. The molecule has 4 rings (SSSR count). The van der Waals surface area contributed by atoms with Crippen molar-refractivity contribution in [3.8, 4) is 11.5 Å². The quantitative estimate of drug-likeness (QED) is 0.784. The highest BCUT2D eigenvalue weighted by molar-refractivity contribution is 6.44. The SMILES string of the molecule is CC(=O)c1cc2c(cc1NC(=O)C1=NN(c3cc(C)ccc3C)C(=O)CC1)OCO2. The highest BCUT2D eigenvalue weighted by Crippen LogP contribution is 2.37. The first-order chi connectivity index (χ1) is 14.3. The summed E-state index contributed by atoms with van der Waals surface area (Å²) in [6.07, 6.45) is 0.381. The number of nitrogens with one attached hydrogen (secondary N) is 1. The molecule has 2 amide bonds. The van der Waals surface area contributed by atoms with Crippen LogP contribution >= 0.6 is 0 Å². The zero-order valence-corrected chi connectivity index (χ0v) is 16.9. The number of benzene rings is 2. The predicted molar refractivity (Wildman–Crippen MR) is 111 cm³/mol. The fourth-order valence-corrected chi connectivity index (χ4v) is 3.38. The molecule has 2 aliphatic rings. The molecule has 0 saturated heterocycles. The van der Waals surface area contributed by atoms with Crippen molar-refractivity contribution in [2.75, 3.05) is 17.1 Å². The minimum absolute atomic E-state index is 0.0592. The third-order valence-electron chi connectivity index (χ3n) is 5.03. The molecular formula is C22H21N3O5. The lowest BCUT2D eigenvalue weighted by molar-refractivity contribution is -0.118. The number of hydrogen-bond acceptors (Lipinski definition) is 6. The van der Waals surface area contributed by atoms with E-state index in [1.807, 2.05) is 32.0 Å². The number of amides is 2. The minimum Gasteiger partial charge on any atom is -0.454 e. The fraction of sp³-hybridized carbons (Fsp3) is 0.273. The monoisotopic (exact) mass is 407 g/mol. The van der Waals surface area contributed by atoms with E-state index in [2.05, 4.69) is 10.4 Å². The van der Waals surface area contributed by atoms with Gasteiger partial charge in [-0.3, -0.25) is 14.4 Å². The van der Waals surface area contributed by atoms with Crippen LogP contribution in [0.25, 0.3) is 0 Å². The Balaban J connectivity index is 1.64. The van der Waals surface area contributed by atoms with Crippen LogP contribution in [0.3, 0.4) is 0 Å². The minimum atomic E-state index is -0.473. The highest BCUT2D eigenvalue weighted by Gasteiger charge is 2.28. The van der Waals surface area contributed by atoms with Gasteiger partial charge < -0.3 is 14.8 Å². The van der Waals surface area contributed by atoms with Gasteiger partial charge in [-0.25, -0.2) is 5.01 Å². The van der Waals surface area contributed by atoms with Crippen molar-refractivity contribution in [2.24, 2.45) is 5.10 Å². The van der Waals surface area contributed by atoms with Crippen LogP contribution in [-0.2, 0) is 9.59 Å². The van der Waals surface area contributed by atoms with Crippen molar-refractivity contribution in [1.29, 1.82) is 0 Å². The summed E-state index contributed by atoms with van der Waals surface area (Å²) in [6, 6.07) is 8.84. The average Bonchev–Trinajstić information content (AvgIpc) is 3.17. The van der Waals surface area contributed by atoms with Crippen LogP contribution in [0.5, 0.6) is 11.5 Å². The summed E-state index contributed by atoms with van der Waals surface area (Å²) in [7, 11) is 0. The molecule has 1 N–H and O–H groups in total. The zero-order chi connectivity index (χ0) is 21.4. The van der Waals surface area contributed by atoms with Gasteiger partial charge in [-0.1, -0.05) is 12.1 Å². The van der Waals surface area contributed by atoms with Crippen LogP contribution in [-0.4, -0.2) is 30.1 Å². The zero-order valence-electron chi connectivity index (χ0n) is 16.9. The van der Waals surface area contributed by atoms with Gasteiger partial charge in [0, 0.05) is 24.5 Å². The molecule has 0 atom stereocenters. The molecule has 2 aromatic rings.